The van der Waals surface area contributed by atoms with Gasteiger partial charge in [-0.05, 0) is 15.9 Å². The summed E-state index contributed by atoms with van der Waals surface area (Å²) in [5.74, 6) is 0. The smallest absolute Gasteiger partial charge is 0.258 e. The van der Waals surface area contributed by atoms with Gasteiger partial charge >= 0.3 is 0 Å². The maximum atomic E-state index is 12.9. The van der Waals surface area contributed by atoms with E-state index in [0.717, 1.165) is 0 Å². The Morgan fingerprint density at radius 2 is 2.19 bits per heavy atom. The number of aromatic nitrogens is 3. The first-order valence-corrected chi connectivity index (χ1v) is 7.14. The Hall–Kier alpha value is -2.00. The van der Waals surface area contributed by atoms with Crippen molar-refractivity contribution in [2.75, 3.05) is 0 Å². The molecule has 1 aromatic carbocycles. The van der Waals surface area contributed by atoms with Crippen LogP contribution in [0.25, 0.3) is 22.3 Å². The fourth-order valence-corrected chi connectivity index (χ4v) is 3.08. The minimum Gasteiger partial charge on any atom is -0.258 e. The largest absolute Gasteiger partial charge is 0.270 e. The second-order valence-corrected chi connectivity index (χ2v) is 5.49. The van der Waals surface area contributed by atoms with E-state index in [1.165, 1.54) is 28.6 Å². The molecule has 0 saturated carbocycles. The molecular weight excluding hydrogens is 363 g/mol. The van der Waals surface area contributed by atoms with Crippen LogP contribution in [0.3, 0.4) is 0 Å². The van der Waals surface area contributed by atoms with Crippen LogP contribution in [0.1, 0.15) is 0 Å². The van der Waals surface area contributed by atoms with Gasteiger partial charge in [0, 0.05) is 28.4 Å². The predicted molar refractivity (Wildman–Crippen MR) is 81.4 cm³/mol. The average Bonchev–Trinajstić information content (AvgIpc) is 2.84. The van der Waals surface area contributed by atoms with E-state index in [1.807, 2.05) is 0 Å². The quantitative estimate of drug-likeness (QED) is 0.512. The summed E-state index contributed by atoms with van der Waals surface area (Å²) >= 11 is 3.36. The van der Waals surface area contributed by atoms with Crippen molar-refractivity contribution in [3.05, 3.63) is 51.4 Å². The number of nitrogens with zero attached hydrogens (tertiary/aromatic N) is 4. The number of rotatable bonds is 3. The maximum Gasteiger partial charge on any atom is 0.270 e. The van der Waals surface area contributed by atoms with E-state index in [2.05, 4.69) is 25.9 Å². The van der Waals surface area contributed by atoms with E-state index in [1.54, 1.807) is 12.1 Å². The van der Waals surface area contributed by atoms with Gasteiger partial charge in [-0.3, -0.25) is 10.1 Å². The van der Waals surface area contributed by atoms with E-state index in [0.29, 0.717) is 26.8 Å². The van der Waals surface area contributed by atoms with Crippen molar-refractivity contribution in [3.63, 3.8) is 0 Å². The molecule has 6 nitrogen and oxygen atoms in total. The molecule has 0 aliphatic carbocycles. The Morgan fingerprint density at radius 3 is 2.90 bits per heavy atom. The Morgan fingerprint density at radius 1 is 1.38 bits per heavy atom. The summed E-state index contributed by atoms with van der Waals surface area (Å²) in [4.78, 5) is 18.6. The van der Waals surface area contributed by atoms with Gasteiger partial charge in [0.05, 0.1) is 16.0 Å². The highest BCUT2D eigenvalue weighted by Crippen LogP contribution is 2.35. The monoisotopic (exact) mass is 368 g/mol. The zero-order valence-corrected chi connectivity index (χ0v) is 12.6. The minimum atomic E-state index is -0.473. The normalized spacial score (nSPS) is 11.0. The number of nitro groups is 1. The third-order valence-electron chi connectivity index (χ3n) is 2.91. The number of hydrogen-bond acceptors (Lipinski definition) is 5. The molecule has 0 atom stereocenters. The third-order valence-corrected chi connectivity index (χ3v) is 3.94. The molecule has 9 heteroatoms. The highest BCUT2D eigenvalue weighted by Gasteiger charge is 2.17. The summed E-state index contributed by atoms with van der Waals surface area (Å²) in [5, 5.41) is 11.5. The first kappa shape index (κ1) is 14.0. The van der Waals surface area contributed by atoms with Crippen LogP contribution in [0.2, 0.25) is 0 Å². The van der Waals surface area contributed by atoms with Crippen molar-refractivity contribution >= 4 is 45.0 Å². The second kappa shape index (κ2) is 5.41. The number of fused-ring (bicyclic) bond motifs is 1. The number of non-ortho nitro benzene ring substituents is 1. The highest BCUT2D eigenvalue weighted by molar-refractivity contribution is 9.10. The lowest BCUT2D eigenvalue weighted by Crippen LogP contribution is -1.92. The van der Waals surface area contributed by atoms with Crippen molar-refractivity contribution in [3.8, 4) is 11.3 Å². The lowest BCUT2D eigenvalue weighted by atomic mass is 10.1. The summed E-state index contributed by atoms with van der Waals surface area (Å²) in [7, 11) is 0. The number of nitro benzene ring substituents is 1. The molecule has 0 radical (unpaired) electrons. The molecule has 106 valence electrons. The fraction of sp³-hybridized carbons (Fsp3) is 0. The van der Waals surface area contributed by atoms with Gasteiger partial charge < -0.3 is 0 Å². The Bertz CT molecular complexity index is 854. The van der Waals surface area contributed by atoms with Crippen LogP contribution in [0.4, 0.5) is 9.57 Å². The van der Waals surface area contributed by atoms with Gasteiger partial charge in [-0.2, -0.15) is 0 Å². The zero-order chi connectivity index (χ0) is 15.0. The molecule has 0 unspecified atom stereocenters. The van der Waals surface area contributed by atoms with Crippen LogP contribution < -0.4 is 0 Å². The summed E-state index contributed by atoms with van der Waals surface area (Å²) in [6.07, 6.45) is 2.83. The molecule has 3 rings (SSSR count). The SMILES string of the molecule is O=[N+]([O-])c1cccc(-c2ncnc3c2c(Br)cn3SF)c1. The van der Waals surface area contributed by atoms with Gasteiger partial charge in [-0.15, -0.1) is 3.89 Å². The van der Waals surface area contributed by atoms with Crippen LogP contribution in [0.15, 0.2) is 41.3 Å². The topological polar surface area (TPSA) is 73.8 Å². The summed E-state index contributed by atoms with van der Waals surface area (Å²) < 4.78 is 14.7. The Balaban J connectivity index is 2.28. The highest BCUT2D eigenvalue weighted by atomic mass is 79.9. The first-order valence-electron chi connectivity index (χ1n) is 5.67. The predicted octanol–water partition coefficient (Wildman–Crippen LogP) is 4.15. The van der Waals surface area contributed by atoms with Crippen LogP contribution in [0, 0.1) is 10.1 Å². The third kappa shape index (κ3) is 2.38. The summed E-state index contributed by atoms with van der Waals surface area (Å²) in [5.41, 5.74) is 1.43. The van der Waals surface area contributed by atoms with E-state index < -0.39 is 4.92 Å². The van der Waals surface area contributed by atoms with Gasteiger partial charge in [0.1, 0.15) is 6.33 Å². The van der Waals surface area contributed by atoms with E-state index in [4.69, 9.17) is 0 Å². The molecular formula is C12H6BrFN4O2S. The number of hydrogen-bond donors (Lipinski definition) is 0. The maximum absolute atomic E-state index is 12.9. The van der Waals surface area contributed by atoms with E-state index in [9.17, 15) is 14.0 Å². The molecule has 2 heterocycles. The van der Waals surface area contributed by atoms with Crippen LogP contribution in [-0.4, -0.2) is 18.9 Å². The summed E-state index contributed by atoms with van der Waals surface area (Å²) in [6.45, 7) is 0. The molecule has 21 heavy (non-hydrogen) atoms. The van der Waals surface area contributed by atoms with Crippen LogP contribution >= 0.6 is 28.3 Å². The number of halogens is 2. The van der Waals surface area contributed by atoms with E-state index in [-0.39, 0.29) is 18.0 Å². The molecule has 0 bridgehead atoms. The Labute approximate surface area is 130 Å². The molecule has 0 N–H and O–H groups in total. The Kier molecular flexibility index (Phi) is 3.60. The number of benzene rings is 1. The van der Waals surface area contributed by atoms with Crippen LogP contribution in [-0.2, 0) is 0 Å². The molecule has 0 aliphatic heterocycles. The molecule has 2 aromatic heterocycles. The van der Waals surface area contributed by atoms with E-state index >= 15 is 0 Å². The van der Waals surface area contributed by atoms with Crippen molar-refractivity contribution in [1.82, 2.24) is 13.9 Å². The lowest BCUT2D eigenvalue weighted by Gasteiger charge is -2.03. The molecule has 3 aromatic rings. The van der Waals surface area contributed by atoms with Gasteiger partial charge in [-0.1, -0.05) is 12.1 Å². The molecule has 0 fully saturated rings. The first-order chi connectivity index (χ1) is 10.1. The minimum absolute atomic E-state index is 0.0192. The van der Waals surface area contributed by atoms with Gasteiger partial charge in [0.25, 0.3) is 5.69 Å². The lowest BCUT2D eigenvalue weighted by molar-refractivity contribution is -0.384. The molecule has 0 spiro atoms. The zero-order valence-electron chi connectivity index (χ0n) is 10.2. The fourth-order valence-electron chi connectivity index (χ4n) is 2.03. The van der Waals surface area contributed by atoms with Crippen LogP contribution in [0.5, 0.6) is 0 Å². The standard InChI is InChI=1S/C12H6BrFN4O2S/c13-9-5-17(21-14)12-10(9)11(15-6-16-12)7-2-1-3-8(4-7)18(19)20/h1-6H. The van der Waals surface area contributed by atoms with Crippen molar-refractivity contribution in [2.45, 2.75) is 0 Å². The van der Waals surface area contributed by atoms with Gasteiger partial charge in [0.2, 0.25) is 0 Å². The molecule has 0 saturated heterocycles. The molecule has 0 aliphatic rings. The average molecular weight is 369 g/mol. The van der Waals surface area contributed by atoms with Gasteiger partial charge in [0.15, 0.2) is 18.0 Å². The van der Waals surface area contributed by atoms with Crippen molar-refractivity contribution in [1.29, 1.82) is 0 Å². The van der Waals surface area contributed by atoms with Crippen molar-refractivity contribution in [2.24, 2.45) is 0 Å². The second-order valence-electron chi connectivity index (χ2n) is 4.10. The van der Waals surface area contributed by atoms with Crippen molar-refractivity contribution < 1.29 is 8.81 Å². The summed E-state index contributed by atoms with van der Waals surface area (Å²) in [6, 6.07) is 6.12. The van der Waals surface area contributed by atoms with Gasteiger partial charge in [-0.25, -0.2) is 13.9 Å². The molecule has 0 amide bonds.